The summed E-state index contributed by atoms with van der Waals surface area (Å²) in [6, 6.07) is 9.05. The molecule has 17 heavy (non-hydrogen) atoms. The third-order valence-corrected chi connectivity index (χ3v) is 2.13. The van der Waals surface area contributed by atoms with Crippen LogP contribution >= 0.6 is 0 Å². The molecule has 0 spiro atoms. The molecule has 0 unspecified atom stereocenters. The summed E-state index contributed by atoms with van der Waals surface area (Å²) in [7, 11) is 0. The van der Waals surface area contributed by atoms with E-state index in [1.54, 1.807) is 12.1 Å². The van der Waals surface area contributed by atoms with E-state index in [9.17, 15) is 10.2 Å². The Kier molecular flexibility index (Phi) is 5.58. The van der Waals surface area contributed by atoms with E-state index >= 15 is 0 Å². The fraction of sp³-hybridized carbons (Fsp3) is 0.364. The first-order valence-corrected chi connectivity index (χ1v) is 5.14. The topological polar surface area (TPSA) is 105 Å². The second-order valence-corrected chi connectivity index (χ2v) is 3.49. The average molecular weight is 240 g/mol. The third kappa shape index (κ3) is 4.49. The van der Waals surface area contributed by atoms with Gasteiger partial charge in [-0.25, -0.2) is 0 Å². The molecule has 1 aromatic carbocycles. The molecule has 0 bridgehead atoms. The van der Waals surface area contributed by atoms with Gasteiger partial charge in [0.2, 0.25) is 0 Å². The molecule has 0 fully saturated rings. The lowest BCUT2D eigenvalue weighted by molar-refractivity contribution is -0.0541. The standard InChI is InChI=1S/C11H16N2O4/c14-7-10(16)11(17)9(15)6-12-13-8-4-2-1-3-5-8/h1-6,9-11,13-17H,7H2/t9-,10+,11-/m0/s1. The van der Waals surface area contributed by atoms with Gasteiger partial charge in [-0.1, -0.05) is 18.2 Å². The number of benzene rings is 1. The molecule has 0 amide bonds. The zero-order chi connectivity index (χ0) is 12.7. The van der Waals surface area contributed by atoms with E-state index in [4.69, 9.17) is 10.2 Å². The summed E-state index contributed by atoms with van der Waals surface area (Å²) in [6.45, 7) is -0.627. The Hall–Kier alpha value is -1.47. The number of aliphatic hydroxyl groups excluding tert-OH is 4. The van der Waals surface area contributed by atoms with Gasteiger partial charge in [-0.15, -0.1) is 0 Å². The van der Waals surface area contributed by atoms with Crippen molar-refractivity contribution in [3.63, 3.8) is 0 Å². The largest absolute Gasteiger partial charge is 0.394 e. The lowest BCUT2D eigenvalue weighted by Gasteiger charge is -2.18. The molecule has 0 saturated carbocycles. The number of nitrogens with one attached hydrogen (secondary N) is 1. The van der Waals surface area contributed by atoms with Gasteiger partial charge < -0.3 is 20.4 Å². The monoisotopic (exact) mass is 240 g/mol. The summed E-state index contributed by atoms with van der Waals surface area (Å²) >= 11 is 0. The fourth-order valence-corrected chi connectivity index (χ4v) is 1.12. The Morgan fingerprint density at radius 1 is 1.18 bits per heavy atom. The van der Waals surface area contributed by atoms with Crippen molar-refractivity contribution in [3.8, 4) is 0 Å². The van der Waals surface area contributed by atoms with Crippen molar-refractivity contribution in [3.05, 3.63) is 30.3 Å². The van der Waals surface area contributed by atoms with Crippen LogP contribution in [0.5, 0.6) is 0 Å². The van der Waals surface area contributed by atoms with Gasteiger partial charge in [0.1, 0.15) is 18.3 Å². The van der Waals surface area contributed by atoms with Crippen LogP contribution in [0.4, 0.5) is 5.69 Å². The molecule has 1 rings (SSSR count). The van der Waals surface area contributed by atoms with Crippen LogP contribution in [0.15, 0.2) is 35.4 Å². The highest BCUT2D eigenvalue weighted by Gasteiger charge is 2.22. The van der Waals surface area contributed by atoms with Crippen molar-refractivity contribution in [2.24, 2.45) is 5.10 Å². The van der Waals surface area contributed by atoms with E-state index < -0.39 is 24.9 Å². The van der Waals surface area contributed by atoms with Crippen molar-refractivity contribution in [1.82, 2.24) is 0 Å². The first-order valence-electron chi connectivity index (χ1n) is 5.14. The molecule has 94 valence electrons. The lowest BCUT2D eigenvalue weighted by atomic mass is 10.1. The smallest absolute Gasteiger partial charge is 0.119 e. The van der Waals surface area contributed by atoms with Crippen LogP contribution in [0.1, 0.15) is 0 Å². The van der Waals surface area contributed by atoms with E-state index in [0.29, 0.717) is 0 Å². The van der Waals surface area contributed by atoms with Gasteiger partial charge in [-0.3, -0.25) is 5.43 Å². The van der Waals surface area contributed by atoms with Gasteiger partial charge in [0.25, 0.3) is 0 Å². The van der Waals surface area contributed by atoms with Crippen molar-refractivity contribution in [2.75, 3.05) is 12.0 Å². The highest BCUT2D eigenvalue weighted by atomic mass is 16.4. The molecular formula is C11H16N2O4. The highest BCUT2D eigenvalue weighted by molar-refractivity contribution is 5.65. The zero-order valence-electron chi connectivity index (χ0n) is 9.14. The van der Waals surface area contributed by atoms with Gasteiger partial charge in [0.15, 0.2) is 0 Å². The maximum absolute atomic E-state index is 9.39. The molecule has 0 radical (unpaired) electrons. The molecule has 6 nitrogen and oxygen atoms in total. The number of anilines is 1. The van der Waals surface area contributed by atoms with Crippen LogP contribution < -0.4 is 5.43 Å². The predicted molar refractivity (Wildman–Crippen MR) is 63.7 cm³/mol. The number of aliphatic hydroxyl groups is 4. The summed E-state index contributed by atoms with van der Waals surface area (Å²) in [5, 5.41) is 40.0. The van der Waals surface area contributed by atoms with Crippen LogP contribution in [0.2, 0.25) is 0 Å². The van der Waals surface area contributed by atoms with E-state index in [0.717, 1.165) is 11.9 Å². The summed E-state index contributed by atoms with van der Waals surface area (Å²) in [5.74, 6) is 0. The van der Waals surface area contributed by atoms with Crippen LogP contribution in [-0.4, -0.2) is 51.6 Å². The van der Waals surface area contributed by atoms with E-state index in [1.165, 1.54) is 0 Å². The Labute approximate surface area is 98.8 Å². The Morgan fingerprint density at radius 2 is 1.82 bits per heavy atom. The minimum atomic E-state index is -1.47. The molecule has 3 atom stereocenters. The zero-order valence-corrected chi connectivity index (χ0v) is 9.14. The Bertz CT molecular complexity index is 345. The SMILES string of the molecule is OC[C@@H](O)[C@@H](O)[C@@H](O)C=NNc1ccccc1. The lowest BCUT2D eigenvalue weighted by Crippen LogP contribution is -2.40. The maximum atomic E-state index is 9.39. The number of hydrogen-bond donors (Lipinski definition) is 5. The minimum Gasteiger partial charge on any atom is -0.394 e. The number of hydrogen-bond acceptors (Lipinski definition) is 6. The van der Waals surface area contributed by atoms with Crippen molar-refractivity contribution in [2.45, 2.75) is 18.3 Å². The van der Waals surface area contributed by atoms with Crippen molar-refractivity contribution < 1.29 is 20.4 Å². The Morgan fingerprint density at radius 3 is 2.41 bits per heavy atom. The molecule has 0 aliphatic rings. The van der Waals surface area contributed by atoms with E-state index in [2.05, 4.69) is 10.5 Å². The normalized spacial score (nSPS) is 16.7. The number of para-hydroxylation sites is 1. The highest BCUT2D eigenvalue weighted by Crippen LogP contribution is 2.04. The summed E-state index contributed by atoms with van der Waals surface area (Å²) in [6.07, 6.45) is -3.17. The fourth-order valence-electron chi connectivity index (χ4n) is 1.12. The molecule has 0 saturated heterocycles. The second kappa shape index (κ2) is 6.97. The van der Waals surface area contributed by atoms with E-state index in [1.807, 2.05) is 18.2 Å². The van der Waals surface area contributed by atoms with Crippen LogP contribution in [0, 0.1) is 0 Å². The second-order valence-electron chi connectivity index (χ2n) is 3.49. The molecule has 6 heteroatoms. The van der Waals surface area contributed by atoms with Gasteiger partial charge >= 0.3 is 0 Å². The number of rotatable bonds is 6. The van der Waals surface area contributed by atoms with Crippen LogP contribution in [0.25, 0.3) is 0 Å². The molecule has 0 aromatic heterocycles. The molecule has 0 aliphatic carbocycles. The number of hydrazone groups is 1. The van der Waals surface area contributed by atoms with Gasteiger partial charge in [0.05, 0.1) is 18.5 Å². The van der Waals surface area contributed by atoms with Crippen LogP contribution in [-0.2, 0) is 0 Å². The summed E-state index contributed by atoms with van der Waals surface area (Å²) in [4.78, 5) is 0. The van der Waals surface area contributed by atoms with Gasteiger partial charge in [-0.2, -0.15) is 5.10 Å². The van der Waals surface area contributed by atoms with E-state index in [-0.39, 0.29) is 0 Å². The molecule has 0 heterocycles. The maximum Gasteiger partial charge on any atom is 0.119 e. The first kappa shape index (κ1) is 13.6. The predicted octanol–water partition coefficient (Wildman–Crippen LogP) is -0.841. The molecule has 1 aromatic rings. The minimum absolute atomic E-state index is 0.627. The van der Waals surface area contributed by atoms with Gasteiger partial charge in [0, 0.05) is 0 Å². The van der Waals surface area contributed by atoms with Gasteiger partial charge in [-0.05, 0) is 12.1 Å². The Balaban J connectivity index is 2.43. The molecule has 0 aliphatic heterocycles. The number of nitrogens with zero attached hydrogens (tertiary/aromatic N) is 1. The molecule has 5 N–H and O–H groups in total. The van der Waals surface area contributed by atoms with Crippen LogP contribution in [0.3, 0.4) is 0 Å². The third-order valence-electron chi connectivity index (χ3n) is 2.13. The first-order chi connectivity index (χ1) is 8.15. The average Bonchev–Trinajstić information content (AvgIpc) is 2.38. The summed E-state index contributed by atoms with van der Waals surface area (Å²) in [5.41, 5.74) is 3.37. The quantitative estimate of drug-likeness (QED) is 0.329. The molecular weight excluding hydrogens is 224 g/mol. The summed E-state index contributed by atoms with van der Waals surface area (Å²) < 4.78 is 0. The van der Waals surface area contributed by atoms with Crippen molar-refractivity contribution in [1.29, 1.82) is 0 Å². The van der Waals surface area contributed by atoms with Crippen molar-refractivity contribution >= 4 is 11.9 Å².